The largest absolute Gasteiger partial charge is 0.433 e. The van der Waals surface area contributed by atoms with Gasteiger partial charge in [-0.2, -0.15) is 13.2 Å². The van der Waals surface area contributed by atoms with Crippen molar-refractivity contribution in [3.05, 3.63) is 24.0 Å². The van der Waals surface area contributed by atoms with Gasteiger partial charge in [0.1, 0.15) is 12.3 Å². The fourth-order valence-corrected chi connectivity index (χ4v) is 1.07. The first kappa shape index (κ1) is 14.4. The van der Waals surface area contributed by atoms with Crippen LogP contribution < -0.4 is 5.32 Å². The van der Waals surface area contributed by atoms with Gasteiger partial charge in [-0.15, -0.1) is 0 Å². The lowest BCUT2D eigenvalue weighted by atomic mass is 10.3. The highest BCUT2D eigenvalue weighted by molar-refractivity contribution is 5.91. The first-order valence-electron chi connectivity index (χ1n) is 5.23. The molecular weight excluding hydrogens is 249 g/mol. The van der Waals surface area contributed by atoms with Crippen molar-refractivity contribution in [2.24, 2.45) is 0 Å². The number of alkyl halides is 3. The summed E-state index contributed by atoms with van der Waals surface area (Å²) in [7, 11) is 0. The average Bonchev–Trinajstić information content (AvgIpc) is 2.26. The molecule has 1 N–H and O–H groups in total. The second kappa shape index (κ2) is 5.81. The average molecular weight is 262 g/mol. The van der Waals surface area contributed by atoms with Crippen LogP contribution in [0, 0.1) is 0 Å². The van der Waals surface area contributed by atoms with Gasteiger partial charge in [-0.25, -0.2) is 4.98 Å². The second-order valence-corrected chi connectivity index (χ2v) is 3.84. The van der Waals surface area contributed by atoms with Crippen LogP contribution >= 0.6 is 0 Å². The first-order valence-corrected chi connectivity index (χ1v) is 5.23. The Kier molecular flexibility index (Phi) is 4.66. The quantitative estimate of drug-likeness (QED) is 0.906. The fraction of sp³-hybridized carbons (Fsp3) is 0.455. The zero-order chi connectivity index (χ0) is 13.8. The Bertz CT molecular complexity index is 402. The van der Waals surface area contributed by atoms with Gasteiger partial charge in [-0.3, -0.25) is 4.79 Å². The van der Waals surface area contributed by atoms with Crippen molar-refractivity contribution in [2.75, 3.05) is 11.9 Å². The maximum atomic E-state index is 12.2. The summed E-state index contributed by atoms with van der Waals surface area (Å²) in [5.41, 5.74) is -0.806. The number of rotatable bonds is 4. The van der Waals surface area contributed by atoms with Crippen LogP contribution in [0.15, 0.2) is 18.3 Å². The van der Waals surface area contributed by atoms with Gasteiger partial charge < -0.3 is 10.1 Å². The van der Waals surface area contributed by atoms with Gasteiger partial charge in [0.2, 0.25) is 5.91 Å². The normalized spacial score (nSPS) is 11.7. The van der Waals surface area contributed by atoms with Crippen molar-refractivity contribution >= 4 is 11.6 Å². The number of amides is 1. The molecule has 0 radical (unpaired) electrons. The molecule has 1 aromatic rings. The number of halogens is 3. The van der Waals surface area contributed by atoms with Gasteiger partial charge >= 0.3 is 6.18 Å². The number of pyridine rings is 1. The minimum atomic E-state index is -4.48. The predicted octanol–water partition coefficient (Wildman–Crippen LogP) is 2.46. The van der Waals surface area contributed by atoms with Gasteiger partial charge in [0.05, 0.1) is 18.0 Å². The molecule has 100 valence electrons. The zero-order valence-corrected chi connectivity index (χ0v) is 9.91. The van der Waals surface area contributed by atoms with E-state index in [1.807, 2.05) is 0 Å². The molecule has 0 aromatic carbocycles. The molecule has 4 nitrogen and oxygen atoms in total. The van der Waals surface area contributed by atoms with Gasteiger partial charge in [0, 0.05) is 0 Å². The Labute approximate surface area is 102 Å². The number of carbonyl (C=O) groups is 1. The number of aromatic nitrogens is 1. The molecule has 0 unspecified atom stereocenters. The van der Waals surface area contributed by atoms with Crippen molar-refractivity contribution in [1.82, 2.24) is 4.98 Å². The fourth-order valence-electron chi connectivity index (χ4n) is 1.07. The SMILES string of the molecule is CC(C)OCC(=O)Nc1ccc(C(F)(F)F)nc1. The highest BCUT2D eigenvalue weighted by Gasteiger charge is 2.32. The number of hydrogen-bond acceptors (Lipinski definition) is 3. The van der Waals surface area contributed by atoms with Crippen LogP contribution in [0.4, 0.5) is 18.9 Å². The van der Waals surface area contributed by atoms with Crippen LogP contribution in [0.2, 0.25) is 0 Å². The molecule has 18 heavy (non-hydrogen) atoms. The molecule has 0 aliphatic rings. The molecule has 1 rings (SSSR count). The molecule has 0 aliphatic heterocycles. The van der Waals surface area contributed by atoms with E-state index in [0.29, 0.717) is 0 Å². The molecule has 0 saturated heterocycles. The highest BCUT2D eigenvalue weighted by atomic mass is 19.4. The molecule has 0 saturated carbocycles. The van der Waals surface area contributed by atoms with Gasteiger partial charge in [-0.05, 0) is 26.0 Å². The molecule has 0 spiro atoms. The Balaban J connectivity index is 2.56. The third-order valence-corrected chi connectivity index (χ3v) is 1.89. The van der Waals surface area contributed by atoms with Gasteiger partial charge in [-0.1, -0.05) is 0 Å². The standard InChI is InChI=1S/C11H13F3N2O2/c1-7(2)18-6-10(17)16-8-3-4-9(15-5-8)11(12,13)14/h3-5,7H,6H2,1-2H3,(H,16,17). The van der Waals surface area contributed by atoms with E-state index >= 15 is 0 Å². The summed E-state index contributed by atoms with van der Waals surface area (Å²) >= 11 is 0. The topological polar surface area (TPSA) is 51.2 Å². The summed E-state index contributed by atoms with van der Waals surface area (Å²) in [6, 6.07) is 1.95. The van der Waals surface area contributed by atoms with E-state index in [1.165, 1.54) is 0 Å². The Morgan fingerprint density at radius 3 is 2.56 bits per heavy atom. The van der Waals surface area contributed by atoms with E-state index in [2.05, 4.69) is 10.3 Å². The molecular formula is C11H13F3N2O2. The van der Waals surface area contributed by atoms with E-state index in [9.17, 15) is 18.0 Å². The number of hydrogen-bond donors (Lipinski definition) is 1. The van der Waals surface area contributed by atoms with Crippen LogP contribution in [0.25, 0.3) is 0 Å². The van der Waals surface area contributed by atoms with E-state index in [4.69, 9.17) is 4.74 Å². The van der Waals surface area contributed by atoms with Crippen LogP contribution in [-0.2, 0) is 15.7 Å². The monoisotopic (exact) mass is 262 g/mol. The maximum absolute atomic E-state index is 12.2. The van der Waals surface area contributed by atoms with E-state index < -0.39 is 17.8 Å². The number of ether oxygens (including phenoxy) is 1. The number of nitrogens with zero attached hydrogens (tertiary/aromatic N) is 1. The highest BCUT2D eigenvalue weighted by Crippen LogP contribution is 2.27. The Morgan fingerprint density at radius 2 is 2.11 bits per heavy atom. The summed E-state index contributed by atoms with van der Waals surface area (Å²) in [5, 5.41) is 2.38. The van der Waals surface area contributed by atoms with Crippen LogP contribution in [0.3, 0.4) is 0 Å². The van der Waals surface area contributed by atoms with Crippen LogP contribution in [0.1, 0.15) is 19.5 Å². The molecule has 1 amide bonds. The van der Waals surface area contributed by atoms with E-state index in [-0.39, 0.29) is 18.4 Å². The van der Waals surface area contributed by atoms with Crippen molar-refractivity contribution < 1.29 is 22.7 Å². The van der Waals surface area contributed by atoms with E-state index in [1.54, 1.807) is 13.8 Å². The number of nitrogens with one attached hydrogen (secondary N) is 1. The molecule has 0 aliphatic carbocycles. The van der Waals surface area contributed by atoms with Gasteiger partial charge in [0.25, 0.3) is 0 Å². The third-order valence-electron chi connectivity index (χ3n) is 1.89. The Morgan fingerprint density at radius 1 is 1.44 bits per heavy atom. The summed E-state index contributed by atoms with van der Waals surface area (Å²) in [6.45, 7) is 3.39. The minimum Gasteiger partial charge on any atom is -0.369 e. The lowest BCUT2D eigenvalue weighted by Crippen LogP contribution is -2.21. The smallest absolute Gasteiger partial charge is 0.369 e. The summed E-state index contributed by atoms with van der Waals surface area (Å²) in [5.74, 6) is -0.440. The molecule has 1 aromatic heterocycles. The molecule has 1 heterocycles. The Hall–Kier alpha value is -1.63. The van der Waals surface area contributed by atoms with Crippen LogP contribution in [-0.4, -0.2) is 23.6 Å². The molecule has 0 bridgehead atoms. The van der Waals surface area contributed by atoms with Crippen molar-refractivity contribution in [1.29, 1.82) is 0 Å². The van der Waals surface area contributed by atoms with E-state index in [0.717, 1.165) is 18.3 Å². The molecule has 7 heteroatoms. The number of anilines is 1. The zero-order valence-electron chi connectivity index (χ0n) is 9.91. The summed E-state index contributed by atoms with van der Waals surface area (Å²) in [4.78, 5) is 14.5. The molecule has 0 atom stereocenters. The van der Waals surface area contributed by atoms with Crippen LogP contribution in [0.5, 0.6) is 0 Å². The van der Waals surface area contributed by atoms with Gasteiger partial charge in [0.15, 0.2) is 0 Å². The molecule has 0 fully saturated rings. The van der Waals surface area contributed by atoms with Crippen molar-refractivity contribution in [3.8, 4) is 0 Å². The maximum Gasteiger partial charge on any atom is 0.433 e. The third kappa shape index (κ3) is 4.70. The summed E-state index contributed by atoms with van der Waals surface area (Å²) in [6.07, 6.45) is -3.62. The van der Waals surface area contributed by atoms with Crippen molar-refractivity contribution in [3.63, 3.8) is 0 Å². The lowest BCUT2D eigenvalue weighted by molar-refractivity contribution is -0.141. The second-order valence-electron chi connectivity index (χ2n) is 3.84. The summed E-state index contributed by atoms with van der Waals surface area (Å²) < 4.78 is 41.7. The minimum absolute atomic E-state index is 0.0959. The first-order chi connectivity index (χ1) is 8.29. The number of carbonyl (C=O) groups excluding carboxylic acids is 1. The lowest BCUT2D eigenvalue weighted by Gasteiger charge is -2.09. The van der Waals surface area contributed by atoms with Crippen molar-refractivity contribution in [2.45, 2.75) is 26.1 Å². The predicted molar refractivity (Wildman–Crippen MR) is 59.0 cm³/mol.